The summed E-state index contributed by atoms with van der Waals surface area (Å²) in [4.78, 5) is 0. The Bertz CT molecular complexity index is 26.5. The summed E-state index contributed by atoms with van der Waals surface area (Å²) in [5, 5.41) is 7.94. The van der Waals surface area contributed by atoms with Gasteiger partial charge in [0.2, 0.25) is 0 Å². The molecule has 0 radical (unpaired) electrons. The Morgan fingerprint density at radius 2 is 1.88 bits per heavy atom. The van der Waals surface area contributed by atoms with E-state index in [1.165, 1.54) is 0 Å². The number of hydrogen-bond acceptors (Lipinski definition) is 3. The van der Waals surface area contributed by atoms with Gasteiger partial charge in [-0.15, -0.1) is 0 Å². The molecule has 0 aromatic carbocycles. The van der Waals surface area contributed by atoms with Crippen molar-refractivity contribution < 1.29 is 14.0 Å². The number of aliphatic hydroxyl groups is 1. The summed E-state index contributed by atoms with van der Waals surface area (Å²) in [6.45, 7) is 0.566. The fourth-order valence-corrected chi connectivity index (χ4v) is 0.0913. The molecule has 3 nitrogen and oxygen atoms in total. The van der Waals surface area contributed by atoms with Gasteiger partial charge in [-0.3, -0.25) is 0 Å². The monoisotopic (exact) mass is 154 g/mol. The van der Waals surface area contributed by atoms with Gasteiger partial charge in [-0.1, -0.05) is 0 Å². The molecule has 0 amide bonds. The van der Waals surface area contributed by atoms with Crippen molar-refractivity contribution in [1.82, 2.24) is 0 Å². The maximum atomic E-state index is 7.94. The third-order valence-corrected chi connectivity index (χ3v) is 0.295. The highest BCUT2D eigenvalue weighted by Gasteiger charge is 1.67. The van der Waals surface area contributed by atoms with Gasteiger partial charge >= 0.3 is 0 Å². The summed E-state index contributed by atoms with van der Waals surface area (Å²) in [6, 6.07) is 0. The topological polar surface area (TPSA) is 38.7 Å². The normalized spacial score (nSPS) is 8.25. The van der Waals surface area contributed by atoms with Crippen LogP contribution in [0.5, 0.6) is 0 Å². The largest absolute Gasteiger partial charge is 0.471 e. The second-order valence-electron chi connectivity index (χ2n) is 1.12. The van der Waals surface area contributed by atoms with Crippen LogP contribution in [0.2, 0.25) is 0 Å². The fraction of sp³-hybridized carbons (Fsp3) is 1.00. The Morgan fingerprint density at radius 3 is 1.88 bits per heavy atom. The summed E-state index contributed by atoms with van der Waals surface area (Å²) in [7, 11) is 3.41. The van der Waals surface area contributed by atoms with Crippen LogP contribution >= 0.6 is 0 Å². The average Bonchev–Trinajstić information content (AvgIpc) is 1.71. The molecule has 0 saturated heterocycles. The van der Waals surface area contributed by atoms with E-state index in [1.54, 1.807) is 7.11 Å². The lowest BCUT2D eigenvalue weighted by molar-refractivity contribution is 0.135. The molecule has 0 fully saturated rings. The lowest BCUT2D eigenvalue weighted by atomic mass is 10.8. The zero-order valence-electron chi connectivity index (χ0n) is 5.68. The third kappa shape index (κ3) is 33.3. The molecule has 0 atom stereocenters. The van der Waals surface area contributed by atoms with E-state index in [4.69, 9.17) is 5.11 Å². The summed E-state index contributed by atoms with van der Waals surface area (Å²) in [5.74, 6) is 0. The second kappa shape index (κ2) is 15.7. The van der Waals surface area contributed by atoms with Crippen LogP contribution in [-0.2, 0) is 8.85 Å². The van der Waals surface area contributed by atoms with Gasteiger partial charge in [0.25, 0.3) is 0 Å². The highest BCUT2D eigenvalue weighted by Crippen LogP contribution is 1.56. The molecule has 0 unspecified atom stereocenters. The van der Waals surface area contributed by atoms with E-state index in [9.17, 15) is 0 Å². The number of methoxy groups -OCH3 is 1. The molecule has 0 heterocycles. The van der Waals surface area contributed by atoms with Crippen LogP contribution in [0.4, 0.5) is 0 Å². The molecule has 0 bridgehead atoms. The van der Waals surface area contributed by atoms with E-state index in [0.29, 0.717) is 6.61 Å². The van der Waals surface area contributed by atoms with Gasteiger partial charge in [-0.2, -0.15) is 0 Å². The maximum Gasteiger partial charge on any atom is 0.129 e. The van der Waals surface area contributed by atoms with Crippen molar-refractivity contribution in [3.05, 3.63) is 0 Å². The Labute approximate surface area is 56.1 Å². The van der Waals surface area contributed by atoms with Crippen molar-refractivity contribution in [3.63, 3.8) is 0 Å². The molecule has 0 aliphatic heterocycles. The SMILES string of the molecule is COCCO.[SiH3]O[SiH3]. The summed E-state index contributed by atoms with van der Waals surface area (Å²) >= 11 is 0. The molecule has 0 rings (SSSR count). The number of hydrogen-bond donors (Lipinski definition) is 1. The zero-order valence-corrected chi connectivity index (χ0v) is 9.68. The molecule has 5 heteroatoms. The van der Waals surface area contributed by atoms with Crippen molar-refractivity contribution in [2.24, 2.45) is 0 Å². The Morgan fingerprint density at radius 1 is 1.50 bits per heavy atom. The molecule has 0 spiro atoms. The van der Waals surface area contributed by atoms with Crippen molar-refractivity contribution in [2.75, 3.05) is 20.3 Å². The maximum absolute atomic E-state index is 7.94. The van der Waals surface area contributed by atoms with Crippen LogP contribution in [0.1, 0.15) is 0 Å². The molecule has 52 valence electrons. The van der Waals surface area contributed by atoms with Crippen LogP contribution in [0, 0.1) is 0 Å². The summed E-state index contributed by atoms with van der Waals surface area (Å²) in [6.07, 6.45) is 0. The fourth-order valence-electron chi connectivity index (χ4n) is 0.0913. The molecular weight excluding hydrogens is 140 g/mol. The van der Waals surface area contributed by atoms with Crippen LogP contribution in [0.15, 0.2) is 0 Å². The molecule has 0 aliphatic carbocycles. The minimum atomic E-state index is 0.122. The van der Waals surface area contributed by atoms with Gasteiger partial charge in [0.1, 0.15) is 21.0 Å². The van der Waals surface area contributed by atoms with Crippen LogP contribution in [0.3, 0.4) is 0 Å². The van der Waals surface area contributed by atoms with E-state index in [-0.39, 0.29) is 6.61 Å². The number of ether oxygens (including phenoxy) is 1. The molecule has 1 N–H and O–H groups in total. The molecular formula is C3H14O3Si2. The molecule has 0 aromatic heterocycles. The minimum absolute atomic E-state index is 0.122. The Hall–Kier alpha value is 0.314. The number of rotatable bonds is 2. The van der Waals surface area contributed by atoms with Gasteiger partial charge < -0.3 is 14.0 Å². The van der Waals surface area contributed by atoms with Crippen molar-refractivity contribution in [2.45, 2.75) is 0 Å². The lowest BCUT2D eigenvalue weighted by Gasteiger charge is -1.84. The highest BCUT2D eigenvalue weighted by atomic mass is 28.3. The first-order valence-electron chi connectivity index (χ1n) is 2.33. The highest BCUT2D eigenvalue weighted by molar-refractivity contribution is 6.15. The average molecular weight is 154 g/mol. The lowest BCUT2D eigenvalue weighted by Crippen LogP contribution is -1.91. The third-order valence-electron chi connectivity index (χ3n) is 0.295. The predicted molar refractivity (Wildman–Crippen MR) is 39.9 cm³/mol. The standard InChI is InChI=1S/C3H8O2.H6OSi2/c1-5-3-2-4;2-1-3/h4H,2-3H2,1H3;2-3H3. The predicted octanol–water partition coefficient (Wildman–Crippen LogP) is -2.81. The molecule has 8 heavy (non-hydrogen) atoms. The summed E-state index contributed by atoms with van der Waals surface area (Å²) in [5.41, 5.74) is 0. The smallest absolute Gasteiger partial charge is 0.129 e. The molecule has 0 aliphatic rings. The summed E-state index contributed by atoms with van der Waals surface area (Å²) < 4.78 is 8.97. The quantitative estimate of drug-likeness (QED) is 0.436. The van der Waals surface area contributed by atoms with Gasteiger partial charge in [0, 0.05) is 7.11 Å². The van der Waals surface area contributed by atoms with E-state index in [0.717, 1.165) is 21.0 Å². The van der Waals surface area contributed by atoms with Crippen molar-refractivity contribution in [1.29, 1.82) is 0 Å². The van der Waals surface area contributed by atoms with Gasteiger partial charge in [0.15, 0.2) is 0 Å². The van der Waals surface area contributed by atoms with Crippen LogP contribution in [0.25, 0.3) is 0 Å². The number of aliphatic hydroxyl groups excluding tert-OH is 1. The first kappa shape index (κ1) is 11.2. The van der Waals surface area contributed by atoms with Crippen LogP contribution in [-0.4, -0.2) is 46.4 Å². The first-order chi connectivity index (χ1) is 3.83. The van der Waals surface area contributed by atoms with Gasteiger partial charge in [-0.05, 0) is 0 Å². The Kier molecular flexibility index (Phi) is 21.8. The first-order valence-corrected chi connectivity index (χ1v) is 3.96. The van der Waals surface area contributed by atoms with Gasteiger partial charge in [-0.25, -0.2) is 0 Å². The van der Waals surface area contributed by atoms with Crippen molar-refractivity contribution >= 4 is 21.0 Å². The Balaban J connectivity index is 0. The van der Waals surface area contributed by atoms with Gasteiger partial charge in [0.05, 0.1) is 13.2 Å². The molecule has 0 aromatic rings. The van der Waals surface area contributed by atoms with E-state index >= 15 is 0 Å². The zero-order chi connectivity index (χ0) is 6.83. The van der Waals surface area contributed by atoms with E-state index < -0.39 is 0 Å². The minimum Gasteiger partial charge on any atom is -0.471 e. The van der Waals surface area contributed by atoms with Crippen molar-refractivity contribution in [3.8, 4) is 0 Å². The molecule has 0 saturated carbocycles. The second-order valence-corrected chi connectivity index (χ2v) is 4.39. The van der Waals surface area contributed by atoms with Crippen LogP contribution < -0.4 is 0 Å². The van der Waals surface area contributed by atoms with E-state index in [1.807, 2.05) is 0 Å². The van der Waals surface area contributed by atoms with E-state index in [2.05, 4.69) is 8.85 Å².